The van der Waals surface area contributed by atoms with Gasteiger partial charge in [-0.05, 0) is 49.9 Å². The monoisotopic (exact) mass is 348 g/mol. The summed E-state index contributed by atoms with van der Waals surface area (Å²) in [4.78, 5) is 0. The fourth-order valence-electron chi connectivity index (χ4n) is 2.63. The second-order valence-electron chi connectivity index (χ2n) is 7.85. The molecule has 0 unspecified atom stereocenters. The Kier molecular flexibility index (Phi) is 6.57. The van der Waals surface area contributed by atoms with E-state index in [4.69, 9.17) is 0 Å². The molecule has 0 saturated carbocycles. The molecule has 0 heterocycles. The third kappa shape index (κ3) is 5.17. The van der Waals surface area contributed by atoms with Gasteiger partial charge < -0.3 is 10.6 Å². The first kappa shape index (κ1) is 20.2. The highest BCUT2D eigenvalue weighted by Gasteiger charge is 2.35. The summed E-state index contributed by atoms with van der Waals surface area (Å²) in [6.45, 7) is 18.3. The van der Waals surface area contributed by atoms with Gasteiger partial charge in [0.25, 0.3) is 0 Å². The van der Waals surface area contributed by atoms with Gasteiger partial charge in [-0.1, -0.05) is 73.8 Å². The first-order chi connectivity index (χ1) is 12.3. The van der Waals surface area contributed by atoms with Gasteiger partial charge in [0.15, 0.2) is 0 Å². The van der Waals surface area contributed by atoms with Crippen LogP contribution in [0.1, 0.15) is 49.9 Å². The molecule has 0 spiro atoms. The quantitative estimate of drug-likeness (QED) is 0.633. The molecule has 0 fully saturated rings. The Balaban J connectivity index is 1.95. The van der Waals surface area contributed by atoms with E-state index in [9.17, 15) is 0 Å². The highest BCUT2D eigenvalue weighted by Crippen LogP contribution is 2.22. The Morgan fingerprint density at radius 1 is 0.654 bits per heavy atom. The summed E-state index contributed by atoms with van der Waals surface area (Å²) in [5.41, 5.74) is 4.70. The predicted octanol–water partition coefficient (Wildman–Crippen LogP) is 5.41. The predicted molar refractivity (Wildman–Crippen MR) is 115 cm³/mol. The van der Waals surface area contributed by atoms with E-state index in [1.165, 1.54) is 11.1 Å². The van der Waals surface area contributed by atoms with Crippen LogP contribution in [-0.2, 0) is 13.1 Å². The minimum Gasteiger partial charge on any atom is -0.306 e. The number of rotatable bonds is 9. The second kappa shape index (κ2) is 8.48. The van der Waals surface area contributed by atoms with E-state index in [1.54, 1.807) is 0 Å². The van der Waals surface area contributed by atoms with Crippen LogP contribution in [0.4, 0.5) is 0 Å². The van der Waals surface area contributed by atoms with Crippen LogP contribution in [0.2, 0.25) is 0 Å². The minimum atomic E-state index is -0.0782. The molecule has 2 nitrogen and oxygen atoms in total. The molecule has 2 N–H and O–H groups in total. The average Bonchev–Trinajstić information content (AvgIpc) is 2.65. The maximum atomic E-state index is 3.80. The Hall–Kier alpha value is -2.16. The summed E-state index contributed by atoms with van der Waals surface area (Å²) in [7, 11) is 0. The van der Waals surface area contributed by atoms with Crippen molar-refractivity contribution in [3.05, 3.63) is 83.9 Å². The maximum Gasteiger partial charge on any atom is 0.0304 e. The van der Waals surface area contributed by atoms with Crippen LogP contribution in [0.3, 0.4) is 0 Å². The van der Waals surface area contributed by atoms with Crippen molar-refractivity contribution in [2.75, 3.05) is 0 Å². The highest BCUT2D eigenvalue weighted by molar-refractivity contribution is 5.47. The molecule has 2 rings (SSSR count). The van der Waals surface area contributed by atoms with Crippen molar-refractivity contribution in [2.24, 2.45) is 0 Å². The third-order valence-electron chi connectivity index (χ3n) is 5.46. The molecule has 2 aromatic rings. The van der Waals surface area contributed by atoms with Gasteiger partial charge in [0.1, 0.15) is 0 Å². The van der Waals surface area contributed by atoms with Crippen molar-refractivity contribution in [1.29, 1.82) is 0 Å². The molecule has 0 bridgehead atoms. The average molecular weight is 349 g/mol. The summed E-state index contributed by atoms with van der Waals surface area (Å²) in [6, 6.07) is 17.0. The smallest absolute Gasteiger partial charge is 0.0304 e. The largest absolute Gasteiger partial charge is 0.306 e. The number of hydrogen-bond donors (Lipinski definition) is 2. The van der Waals surface area contributed by atoms with Crippen LogP contribution in [-0.4, -0.2) is 11.1 Å². The second-order valence-corrected chi connectivity index (χ2v) is 7.85. The molecule has 0 aliphatic carbocycles. The van der Waals surface area contributed by atoms with Crippen molar-refractivity contribution >= 4 is 12.2 Å². The minimum absolute atomic E-state index is 0.0782. The molecular formula is C24H32N2. The van der Waals surface area contributed by atoms with Gasteiger partial charge >= 0.3 is 0 Å². The third-order valence-corrected chi connectivity index (χ3v) is 5.46. The van der Waals surface area contributed by atoms with Crippen LogP contribution in [0.15, 0.2) is 61.7 Å². The maximum absolute atomic E-state index is 3.80. The summed E-state index contributed by atoms with van der Waals surface area (Å²) in [5.74, 6) is 0. The van der Waals surface area contributed by atoms with Gasteiger partial charge in [0, 0.05) is 24.2 Å². The fraction of sp³-hybridized carbons (Fsp3) is 0.333. The summed E-state index contributed by atoms with van der Waals surface area (Å²) < 4.78 is 0. The lowest BCUT2D eigenvalue weighted by molar-refractivity contribution is 0.189. The Bertz CT molecular complexity index is 656. The number of hydrogen-bond acceptors (Lipinski definition) is 2. The summed E-state index contributed by atoms with van der Waals surface area (Å²) in [5, 5.41) is 7.41. The first-order valence-corrected chi connectivity index (χ1v) is 9.20. The van der Waals surface area contributed by atoms with Gasteiger partial charge in [-0.2, -0.15) is 0 Å². The molecule has 0 aliphatic rings. The fourth-order valence-corrected chi connectivity index (χ4v) is 2.63. The number of nitrogens with one attached hydrogen (secondary N) is 2. The SMILES string of the molecule is C=Cc1ccc(CNC(C)(C)C(C)(C)NCc2ccc(C=C)cc2)cc1. The van der Waals surface area contributed by atoms with E-state index in [1.807, 2.05) is 12.2 Å². The molecule has 0 atom stereocenters. The van der Waals surface area contributed by atoms with Gasteiger partial charge in [0.05, 0.1) is 0 Å². The van der Waals surface area contributed by atoms with E-state index >= 15 is 0 Å². The topological polar surface area (TPSA) is 24.1 Å². The van der Waals surface area contributed by atoms with Crippen molar-refractivity contribution in [2.45, 2.75) is 51.9 Å². The van der Waals surface area contributed by atoms with Gasteiger partial charge in [-0.25, -0.2) is 0 Å². The van der Waals surface area contributed by atoms with Crippen LogP contribution >= 0.6 is 0 Å². The molecule has 0 aromatic heterocycles. The van der Waals surface area contributed by atoms with Crippen LogP contribution in [0, 0.1) is 0 Å². The van der Waals surface area contributed by atoms with E-state index in [0.717, 1.165) is 24.2 Å². The Labute approximate surface area is 159 Å². The van der Waals surface area contributed by atoms with Gasteiger partial charge in [-0.3, -0.25) is 0 Å². The van der Waals surface area contributed by atoms with Gasteiger partial charge in [-0.15, -0.1) is 0 Å². The molecule has 0 amide bonds. The van der Waals surface area contributed by atoms with Crippen molar-refractivity contribution in [3.8, 4) is 0 Å². The van der Waals surface area contributed by atoms with Crippen molar-refractivity contribution in [1.82, 2.24) is 10.6 Å². The molecule has 0 radical (unpaired) electrons. The molecular weight excluding hydrogens is 316 g/mol. The molecule has 2 aromatic carbocycles. The molecule has 2 heteroatoms. The number of benzene rings is 2. The van der Waals surface area contributed by atoms with Crippen molar-refractivity contribution in [3.63, 3.8) is 0 Å². The van der Waals surface area contributed by atoms with E-state index in [2.05, 4.69) is 100 Å². The van der Waals surface area contributed by atoms with E-state index < -0.39 is 0 Å². The standard InChI is InChI=1S/C24H32N2/c1-7-19-9-13-21(14-10-19)17-25-23(3,4)24(5,6)26-18-22-15-11-20(8-2)12-16-22/h7-16,25-26H,1-2,17-18H2,3-6H3. The summed E-state index contributed by atoms with van der Waals surface area (Å²) >= 11 is 0. The highest BCUT2D eigenvalue weighted by atomic mass is 15.1. The van der Waals surface area contributed by atoms with Gasteiger partial charge in [0.2, 0.25) is 0 Å². The molecule has 138 valence electrons. The summed E-state index contributed by atoms with van der Waals surface area (Å²) in [6.07, 6.45) is 3.74. The zero-order valence-electron chi connectivity index (χ0n) is 16.6. The molecule has 26 heavy (non-hydrogen) atoms. The Morgan fingerprint density at radius 3 is 1.23 bits per heavy atom. The zero-order chi connectivity index (χ0) is 19.2. The molecule has 0 saturated heterocycles. The van der Waals surface area contributed by atoms with Crippen LogP contribution in [0.25, 0.3) is 12.2 Å². The lowest BCUT2D eigenvalue weighted by atomic mass is 9.82. The lowest BCUT2D eigenvalue weighted by Crippen LogP contribution is -2.62. The van der Waals surface area contributed by atoms with Crippen LogP contribution in [0.5, 0.6) is 0 Å². The lowest BCUT2D eigenvalue weighted by Gasteiger charge is -2.43. The normalized spacial score (nSPS) is 12.0. The first-order valence-electron chi connectivity index (χ1n) is 9.20. The molecule has 0 aliphatic heterocycles. The van der Waals surface area contributed by atoms with E-state index in [0.29, 0.717) is 0 Å². The van der Waals surface area contributed by atoms with E-state index in [-0.39, 0.29) is 11.1 Å². The zero-order valence-corrected chi connectivity index (χ0v) is 16.6. The Morgan fingerprint density at radius 2 is 0.962 bits per heavy atom. The van der Waals surface area contributed by atoms with Crippen molar-refractivity contribution < 1.29 is 0 Å². The van der Waals surface area contributed by atoms with Crippen LogP contribution < -0.4 is 10.6 Å².